The number of methoxy groups -OCH3 is 3. The van der Waals surface area contributed by atoms with E-state index in [4.69, 9.17) is 19.9 Å². The molecular weight excluding hydrogens is 478 g/mol. The van der Waals surface area contributed by atoms with Crippen LogP contribution in [0.1, 0.15) is 69.3 Å². The minimum absolute atomic E-state index is 0.0257. The number of hydrogen-bond donors (Lipinski definition) is 3. The highest BCUT2D eigenvalue weighted by Crippen LogP contribution is 2.45. The lowest BCUT2D eigenvalue weighted by Crippen LogP contribution is -2.57. The first-order valence-corrected chi connectivity index (χ1v) is 13.2. The lowest BCUT2D eigenvalue weighted by molar-refractivity contribution is -0.145. The van der Waals surface area contributed by atoms with Crippen molar-refractivity contribution in [3.63, 3.8) is 0 Å². The molecular formula is C27H41N3O7. The van der Waals surface area contributed by atoms with Crippen molar-refractivity contribution in [3.05, 3.63) is 17.7 Å². The Bertz CT molecular complexity index is 923. The van der Waals surface area contributed by atoms with E-state index >= 15 is 0 Å². The summed E-state index contributed by atoms with van der Waals surface area (Å²) < 4.78 is 16.6. The van der Waals surface area contributed by atoms with E-state index in [1.54, 1.807) is 19.1 Å². The number of piperidine rings is 1. The second kappa shape index (κ2) is 13.5. The van der Waals surface area contributed by atoms with Crippen LogP contribution in [0.2, 0.25) is 0 Å². The molecule has 0 radical (unpaired) electrons. The van der Waals surface area contributed by atoms with Crippen LogP contribution in [0.5, 0.6) is 17.2 Å². The van der Waals surface area contributed by atoms with E-state index in [9.17, 15) is 19.5 Å². The standard InChI is InChI=1S/C27H41N3O7/c1-35-21-15-18(16-22(36-2)24(21)37-3)23(17-9-5-4-6-10-17)27(34)30-13-8-7-11-20(30)26(33)29-19(12-14-31)25(28)32/h15-17,19-20,23,31H,4-14H2,1-3H3,(H2,28,32)(H,29,33)/t19-,20?,23?/m1/s1. The molecule has 1 aliphatic heterocycles. The van der Waals surface area contributed by atoms with Gasteiger partial charge in [0.2, 0.25) is 23.5 Å². The number of aliphatic hydroxyl groups excluding tert-OH is 1. The van der Waals surface area contributed by atoms with E-state index in [1.807, 2.05) is 12.1 Å². The Hall–Kier alpha value is -3.01. The SMILES string of the molecule is COc1cc(C(C(=O)N2CCCCC2C(=O)N[C@H](CCO)C(N)=O)C2CCCCC2)cc(OC)c1OC. The van der Waals surface area contributed by atoms with Crippen LogP contribution in [-0.4, -0.2) is 74.3 Å². The van der Waals surface area contributed by atoms with Crippen LogP contribution >= 0.6 is 0 Å². The number of carbonyl (C=O) groups excluding carboxylic acids is 3. The summed E-state index contributed by atoms with van der Waals surface area (Å²) in [7, 11) is 4.63. The number of hydrogen-bond acceptors (Lipinski definition) is 7. The maximum atomic E-state index is 14.3. The molecule has 37 heavy (non-hydrogen) atoms. The number of aliphatic hydroxyl groups is 1. The molecule has 0 aromatic heterocycles. The van der Waals surface area contributed by atoms with Crippen LogP contribution in [0.25, 0.3) is 0 Å². The van der Waals surface area contributed by atoms with Crippen LogP contribution in [0.3, 0.4) is 0 Å². The average molecular weight is 520 g/mol. The van der Waals surface area contributed by atoms with E-state index in [1.165, 1.54) is 7.11 Å². The Balaban J connectivity index is 1.98. The molecule has 2 fully saturated rings. The van der Waals surface area contributed by atoms with Crippen LogP contribution < -0.4 is 25.3 Å². The van der Waals surface area contributed by atoms with E-state index < -0.39 is 29.8 Å². The molecule has 1 aromatic carbocycles. The van der Waals surface area contributed by atoms with Crippen molar-refractivity contribution in [1.82, 2.24) is 10.2 Å². The van der Waals surface area contributed by atoms with Gasteiger partial charge in [-0.25, -0.2) is 0 Å². The molecule has 1 heterocycles. The maximum Gasteiger partial charge on any atom is 0.243 e. The van der Waals surface area contributed by atoms with Crippen molar-refractivity contribution in [2.24, 2.45) is 11.7 Å². The molecule has 10 heteroatoms. The highest BCUT2D eigenvalue weighted by atomic mass is 16.5. The third kappa shape index (κ3) is 6.66. The number of ether oxygens (including phenoxy) is 3. The van der Waals surface area contributed by atoms with Crippen LogP contribution in [0, 0.1) is 5.92 Å². The Morgan fingerprint density at radius 3 is 2.16 bits per heavy atom. The van der Waals surface area contributed by atoms with Gasteiger partial charge in [0, 0.05) is 13.2 Å². The number of nitrogens with one attached hydrogen (secondary N) is 1. The van der Waals surface area contributed by atoms with E-state index in [0.717, 1.165) is 50.5 Å². The molecule has 2 unspecified atom stereocenters. The van der Waals surface area contributed by atoms with Crippen LogP contribution in [0.4, 0.5) is 0 Å². The Morgan fingerprint density at radius 2 is 1.62 bits per heavy atom. The summed E-state index contributed by atoms with van der Waals surface area (Å²) in [6.45, 7) is 0.165. The first kappa shape index (κ1) is 28.6. The van der Waals surface area contributed by atoms with Gasteiger partial charge in [0.1, 0.15) is 12.1 Å². The second-order valence-electron chi connectivity index (χ2n) is 9.85. The van der Waals surface area contributed by atoms with Gasteiger partial charge in [-0.05, 0) is 62.1 Å². The predicted molar refractivity (Wildman–Crippen MR) is 138 cm³/mol. The first-order valence-electron chi connectivity index (χ1n) is 13.2. The highest BCUT2D eigenvalue weighted by Gasteiger charge is 2.40. The summed E-state index contributed by atoms with van der Waals surface area (Å²) in [4.78, 5) is 41.0. The minimum atomic E-state index is -0.986. The van der Waals surface area contributed by atoms with E-state index in [0.29, 0.717) is 30.2 Å². The molecule has 3 amide bonds. The van der Waals surface area contributed by atoms with Gasteiger partial charge in [0.15, 0.2) is 11.5 Å². The van der Waals surface area contributed by atoms with Crippen molar-refractivity contribution >= 4 is 17.7 Å². The topological polar surface area (TPSA) is 140 Å². The number of nitrogens with zero attached hydrogens (tertiary/aromatic N) is 1. The average Bonchev–Trinajstić information content (AvgIpc) is 2.92. The van der Waals surface area contributed by atoms with Gasteiger partial charge in [-0.1, -0.05) is 19.3 Å². The van der Waals surface area contributed by atoms with E-state index in [2.05, 4.69) is 5.32 Å². The van der Waals surface area contributed by atoms with Gasteiger partial charge in [0.25, 0.3) is 0 Å². The summed E-state index contributed by atoms with van der Waals surface area (Å²) in [6, 6.07) is 1.97. The molecule has 3 rings (SSSR count). The normalized spacial score (nSPS) is 20.0. The molecule has 10 nitrogen and oxygen atoms in total. The zero-order valence-corrected chi connectivity index (χ0v) is 22.2. The van der Waals surface area contributed by atoms with Gasteiger partial charge >= 0.3 is 0 Å². The number of amides is 3. The molecule has 0 bridgehead atoms. The molecule has 1 saturated carbocycles. The fourth-order valence-corrected chi connectivity index (χ4v) is 5.69. The van der Waals surface area contributed by atoms with Gasteiger partial charge in [0.05, 0.1) is 27.2 Å². The molecule has 1 aromatic rings. The lowest BCUT2D eigenvalue weighted by atomic mass is 9.75. The van der Waals surface area contributed by atoms with Crippen LogP contribution in [0.15, 0.2) is 12.1 Å². The third-order valence-electron chi connectivity index (χ3n) is 7.60. The largest absolute Gasteiger partial charge is 0.493 e. The molecule has 1 aliphatic carbocycles. The van der Waals surface area contributed by atoms with Crippen molar-refractivity contribution in [3.8, 4) is 17.2 Å². The molecule has 0 spiro atoms. The van der Waals surface area contributed by atoms with E-state index in [-0.39, 0.29) is 24.9 Å². The van der Waals surface area contributed by atoms with Gasteiger partial charge in [-0.3, -0.25) is 14.4 Å². The number of primary amides is 1. The van der Waals surface area contributed by atoms with Crippen molar-refractivity contribution in [1.29, 1.82) is 0 Å². The zero-order valence-electron chi connectivity index (χ0n) is 22.2. The number of benzene rings is 1. The fourth-order valence-electron chi connectivity index (χ4n) is 5.69. The fraction of sp³-hybridized carbons (Fsp3) is 0.667. The highest BCUT2D eigenvalue weighted by molar-refractivity contribution is 5.93. The number of likely N-dealkylation sites (tertiary alicyclic amines) is 1. The molecule has 1 saturated heterocycles. The molecule has 206 valence electrons. The van der Waals surface area contributed by atoms with Gasteiger partial charge in [-0.15, -0.1) is 0 Å². The third-order valence-corrected chi connectivity index (χ3v) is 7.60. The second-order valence-corrected chi connectivity index (χ2v) is 9.85. The molecule has 2 aliphatic rings. The first-order chi connectivity index (χ1) is 17.9. The summed E-state index contributed by atoms with van der Waals surface area (Å²) >= 11 is 0. The quantitative estimate of drug-likeness (QED) is 0.407. The summed E-state index contributed by atoms with van der Waals surface area (Å²) in [5, 5.41) is 11.9. The van der Waals surface area contributed by atoms with Crippen molar-refractivity contribution in [2.75, 3.05) is 34.5 Å². The number of nitrogens with two attached hydrogens (primary N) is 1. The predicted octanol–water partition coefficient (Wildman–Crippen LogP) is 2.11. The van der Waals surface area contributed by atoms with Gasteiger partial charge < -0.3 is 35.3 Å². The minimum Gasteiger partial charge on any atom is -0.493 e. The Labute approximate surface area is 218 Å². The smallest absolute Gasteiger partial charge is 0.243 e. The Kier molecular flexibility index (Phi) is 10.4. The molecule has 4 N–H and O–H groups in total. The maximum absolute atomic E-state index is 14.3. The zero-order chi connectivity index (χ0) is 26.9. The lowest BCUT2D eigenvalue weighted by Gasteiger charge is -2.40. The summed E-state index contributed by atoms with van der Waals surface area (Å²) in [5.74, 6) is -0.196. The van der Waals surface area contributed by atoms with Crippen molar-refractivity contribution < 1.29 is 33.7 Å². The molecule has 3 atom stereocenters. The number of carbonyl (C=O) groups is 3. The van der Waals surface area contributed by atoms with Crippen molar-refractivity contribution in [2.45, 2.75) is 75.8 Å². The monoisotopic (exact) mass is 519 g/mol. The summed E-state index contributed by atoms with van der Waals surface area (Å²) in [5.41, 5.74) is 6.19. The number of rotatable bonds is 11. The van der Waals surface area contributed by atoms with Crippen LogP contribution in [-0.2, 0) is 14.4 Å². The van der Waals surface area contributed by atoms with Gasteiger partial charge in [-0.2, -0.15) is 0 Å². The Morgan fingerprint density at radius 1 is 1.00 bits per heavy atom. The summed E-state index contributed by atoms with van der Waals surface area (Å²) in [6.07, 6.45) is 7.16.